The number of benzene rings is 2. The maximum Gasteiger partial charge on any atom is 0.387 e. The number of rotatable bonds is 3. The number of fused-ring (bicyclic) bond motifs is 1. The third-order valence-electron chi connectivity index (χ3n) is 2.46. The average Bonchev–Trinajstić information content (AvgIpc) is 2.36. The summed E-state index contributed by atoms with van der Waals surface area (Å²) in [6.07, 6.45) is 0. The number of halogens is 2. The Labute approximate surface area is 102 Å². The zero-order valence-electron chi connectivity index (χ0n) is 9.52. The van der Waals surface area contributed by atoms with Crippen LogP contribution in [0.2, 0.25) is 0 Å². The number of ether oxygens (including phenoxy) is 2. The van der Waals surface area contributed by atoms with Crippen molar-refractivity contribution < 1.29 is 23.0 Å². The van der Waals surface area contributed by atoms with Gasteiger partial charge in [0, 0.05) is 0 Å². The maximum atomic E-state index is 12.1. The quantitative estimate of drug-likeness (QED) is 0.787. The van der Waals surface area contributed by atoms with E-state index in [1.165, 1.54) is 19.2 Å². The van der Waals surface area contributed by atoms with Gasteiger partial charge in [-0.25, -0.2) is 4.79 Å². The van der Waals surface area contributed by atoms with E-state index in [2.05, 4.69) is 9.47 Å². The summed E-state index contributed by atoms with van der Waals surface area (Å²) in [5, 5.41) is 1.46. The molecule has 0 saturated carbocycles. The Morgan fingerprint density at radius 1 is 1.11 bits per heavy atom. The van der Waals surface area contributed by atoms with Crippen molar-refractivity contribution in [2.24, 2.45) is 0 Å². The highest BCUT2D eigenvalue weighted by Gasteiger charge is 2.08. The van der Waals surface area contributed by atoms with E-state index in [0.717, 1.165) is 5.39 Å². The number of hydrogen-bond donors (Lipinski definition) is 0. The summed E-state index contributed by atoms with van der Waals surface area (Å²) in [5.41, 5.74) is 0.410. The van der Waals surface area contributed by atoms with E-state index in [0.29, 0.717) is 10.9 Å². The first-order valence-corrected chi connectivity index (χ1v) is 5.17. The van der Waals surface area contributed by atoms with Crippen LogP contribution in [0.3, 0.4) is 0 Å². The molecule has 5 heteroatoms. The fourth-order valence-corrected chi connectivity index (χ4v) is 1.64. The normalized spacial score (nSPS) is 10.7. The highest BCUT2D eigenvalue weighted by Crippen LogP contribution is 2.23. The van der Waals surface area contributed by atoms with E-state index < -0.39 is 12.6 Å². The number of carbonyl (C=O) groups is 1. The first-order valence-electron chi connectivity index (χ1n) is 5.17. The van der Waals surface area contributed by atoms with E-state index >= 15 is 0 Å². The van der Waals surface area contributed by atoms with Crippen molar-refractivity contribution in [2.45, 2.75) is 6.61 Å². The van der Waals surface area contributed by atoms with Gasteiger partial charge in [0.15, 0.2) is 0 Å². The molecule has 2 aromatic carbocycles. The van der Waals surface area contributed by atoms with Crippen molar-refractivity contribution >= 4 is 16.7 Å². The molecule has 0 aliphatic carbocycles. The molecule has 0 fully saturated rings. The van der Waals surface area contributed by atoms with Gasteiger partial charge in [-0.15, -0.1) is 0 Å². The second-order valence-electron chi connectivity index (χ2n) is 3.59. The summed E-state index contributed by atoms with van der Waals surface area (Å²) in [7, 11) is 1.30. The van der Waals surface area contributed by atoms with Gasteiger partial charge in [-0.05, 0) is 35.0 Å². The molecular weight excluding hydrogens is 242 g/mol. The van der Waals surface area contributed by atoms with E-state index in [4.69, 9.17) is 0 Å². The van der Waals surface area contributed by atoms with Crippen LogP contribution in [0.15, 0.2) is 36.4 Å². The Balaban J connectivity index is 2.39. The van der Waals surface area contributed by atoms with Crippen LogP contribution < -0.4 is 4.74 Å². The maximum absolute atomic E-state index is 12.1. The van der Waals surface area contributed by atoms with Crippen molar-refractivity contribution in [3.63, 3.8) is 0 Å². The predicted octanol–water partition coefficient (Wildman–Crippen LogP) is 3.23. The highest BCUT2D eigenvalue weighted by molar-refractivity contribution is 5.95. The summed E-state index contributed by atoms with van der Waals surface area (Å²) in [4.78, 5) is 11.3. The lowest BCUT2D eigenvalue weighted by Crippen LogP contribution is -2.02. The van der Waals surface area contributed by atoms with E-state index in [1.54, 1.807) is 24.3 Å². The van der Waals surface area contributed by atoms with Gasteiger partial charge >= 0.3 is 12.6 Å². The number of carbonyl (C=O) groups excluding carboxylic acids is 1. The average molecular weight is 252 g/mol. The standard InChI is InChI=1S/C13H10F2O3/c1-17-12(16)10-3-2-9-7-11(18-13(14)15)5-4-8(9)6-10/h2-7,13H,1H3. The topological polar surface area (TPSA) is 35.5 Å². The second kappa shape index (κ2) is 5.00. The van der Waals surface area contributed by atoms with Crippen molar-refractivity contribution in [1.29, 1.82) is 0 Å². The van der Waals surface area contributed by atoms with Crippen LogP contribution in [0.1, 0.15) is 10.4 Å². The molecule has 0 amide bonds. The molecule has 0 atom stereocenters. The van der Waals surface area contributed by atoms with Crippen LogP contribution in [0.5, 0.6) is 5.75 Å². The van der Waals surface area contributed by atoms with Crippen LogP contribution in [0, 0.1) is 0 Å². The van der Waals surface area contributed by atoms with Crippen molar-refractivity contribution in [3.8, 4) is 5.75 Å². The van der Waals surface area contributed by atoms with Gasteiger partial charge in [0.05, 0.1) is 12.7 Å². The zero-order valence-corrected chi connectivity index (χ0v) is 9.52. The number of esters is 1. The highest BCUT2D eigenvalue weighted by atomic mass is 19.3. The number of methoxy groups -OCH3 is 1. The molecule has 94 valence electrons. The molecule has 2 aromatic rings. The molecule has 0 aromatic heterocycles. The van der Waals surface area contributed by atoms with Crippen LogP contribution in [-0.2, 0) is 4.74 Å². The van der Waals surface area contributed by atoms with Crippen molar-refractivity contribution in [2.75, 3.05) is 7.11 Å². The van der Waals surface area contributed by atoms with E-state index in [9.17, 15) is 13.6 Å². The Hall–Kier alpha value is -2.17. The van der Waals surface area contributed by atoms with Gasteiger partial charge in [-0.1, -0.05) is 12.1 Å². The summed E-state index contributed by atoms with van der Waals surface area (Å²) < 4.78 is 33.0. The minimum atomic E-state index is -2.85. The SMILES string of the molecule is COC(=O)c1ccc2cc(OC(F)F)ccc2c1. The molecule has 0 spiro atoms. The lowest BCUT2D eigenvalue weighted by atomic mass is 10.1. The predicted molar refractivity (Wildman–Crippen MR) is 61.9 cm³/mol. The van der Waals surface area contributed by atoms with Gasteiger partial charge in [0.2, 0.25) is 0 Å². The Bertz CT molecular complexity index is 581. The van der Waals surface area contributed by atoms with Crippen LogP contribution in [0.25, 0.3) is 10.8 Å². The van der Waals surface area contributed by atoms with Gasteiger partial charge in [-0.2, -0.15) is 8.78 Å². The molecule has 0 saturated heterocycles. The van der Waals surface area contributed by atoms with Crippen LogP contribution in [-0.4, -0.2) is 19.7 Å². The van der Waals surface area contributed by atoms with E-state index in [-0.39, 0.29) is 5.75 Å². The molecule has 0 unspecified atom stereocenters. The Morgan fingerprint density at radius 3 is 2.44 bits per heavy atom. The third kappa shape index (κ3) is 2.56. The fraction of sp³-hybridized carbons (Fsp3) is 0.154. The smallest absolute Gasteiger partial charge is 0.387 e. The minimum absolute atomic E-state index is 0.0864. The summed E-state index contributed by atoms with van der Waals surface area (Å²) >= 11 is 0. The Morgan fingerprint density at radius 2 is 1.78 bits per heavy atom. The Kier molecular flexibility index (Phi) is 3.41. The molecule has 0 heterocycles. The molecule has 0 radical (unpaired) electrons. The fourth-order valence-electron chi connectivity index (χ4n) is 1.64. The minimum Gasteiger partial charge on any atom is -0.465 e. The lowest BCUT2D eigenvalue weighted by molar-refractivity contribution is -0.0497. The van der Waals surface area contributed by atoms with Gasteiger partial charge in [0.25, 0.3) is 0 Å². The number of alkyl halides is 2. The molecule has 0 bridgehead atoms. The van der Waals surface area contributed by atoms with E-state index in [1.807, 2.05) is 0 Å². The van der Waals surface area contributed by atoms with Gasteiger partial charge in [-0.3, -0.25) is 0 Å². The van der Waals surface area contributed by atoms with Crippen molar-refractivity contribution in [3.05, 3.63) is 42.0 Å². The molecule has 2 rings (SSSR count). The molecular formula is C13H10F2O3. The first-order chi connectivity index (χ1) is 8.60. The molecule has 18 heavy (non-hydrogen) atoms. The molecule has 3 nitrogen and oxygen atoms in total. The third-order valence-corrected chi connectivity index (χ3v) is 2.46. The van der Waals surface area contributed by atoms with Gasteiger partial charge < -0.3 is 9.47 Å². The largest absolute Gasteiger partial charge is 0.465 e. The summed E-state index contributed by atoms with van der Waals surface area (Å²) in [6, 6.07) is 9.38. The van der Waals surface area contributed by atoms with Crippen molar-refractivity contribution in [1.82, 2.24) is 0 Å². The summed E-state index contributed by atoms with van der Waals surface area (Å²) in [6.45, 7) is -2.85. The van der Waals surface area contributed by atoms with Gasteiger partial charge in [0.1, 0.15) is 5.75 Å². The summed E-state index contributed by atoms with van der Waals surface area (Å²) in [5.74, 6) is -0.354. The van der Waals surface area contributed by atoms with Crippen LogP contribution >= 0.6 is 0 Å². The monoisotopic (exact) mass is 252 g/mol. The molecule has 0 aliphatic heterocycles. The zero-order chi connectivity index (χ0) is 13.1. The molecule has 0 N–H and O–H groups in total. The number of hydrogen-bond acceptors (Lipinski definition) is 3. The van der Waals surface area contributed by atoms with Crippen LogP contribution in [0.4, 0.5) is 8.78 Å². The molecule has 0 aliphatic rings. The first kappa shape index (κ1) is 12.3. The lowest BCUT2D eigenvalue weighted by Gasteiger charge is -2.06. The second-order valence-corrected chi connectivity index (χ2v) is 3.59.